The van der Waals surface area contributed by atoms with Gasteiger partial charge in [-0.2, -0.15) is 0 Å². The number of carbonyl (C=O) groups excluding carboxylic acids is 1. The van der Waals surface area contributed by atoms with Crippen molar-refractivity contribution in [3.05, 3.63) is 53.0 Å². The first-order chi connectivity index (χ1) is 10.8. The summed E-state index contributed by atoms with van der Waals surface area (Å²) in [5.41, 5.74) is 0.451. The van der Waals surface area contributed by atoms with Gasteiger partial charge in [-0.1, -0.05) is 22.0 Å². The van der Waals surface area contributed by atoms with E-state index in [1.54, 1.807) is 25.1 Å². The second kappa shape index (κ2) is 7.12. The highest BCUT2D eigenvalue weighted by Crippen LogP contribution is 2.19. The quantitative estimate of drug-likeness (QED) is 0.807. The summed E-state index contributed by atoms with van der Waals surface area (Å²) >= 11 is 3.33. The lowest BCUT2D eigenvalue weighted by atomic mass is 10.3. The van der Waals surface area contributed by atoms with Crippen molar-refractivity contribution in [3.63, 3.8) is 0 Å². The summed E-state index contributed by atoms with van der Waals surface area (Å²) in [6.07, 6.45) is -0.720. The third-order valence-corrected chi connectivity index (χ3v) is 4.35. The Kier molecular flexibility index (Phi) is 5.40. The lowest BCUT2D eigenvalue weighted by Gasteiger charge is -2.15. The number of carbonyl (C=O) groups is 1. The summed E-state index contributed by atoms with van der Waals surface area (Å²) in [5, 5.41) is 7.66. The maximum absolute atomic E-state index is 12.1. The lowest BCUT2D eigenvalue weighted by molar-refractivity contribution is -0.122. The molecule has 0 heterocycles. The van der Waals surface area contributed by atoms with Crippen LogP contribution >= 0.6 is 15.9 Å². The number of amides is 1. The topological polar surface area (TPSA) is 98.5 Å². The van der Waals surface area contributed by atoms with E-state index in [4.69, 9.17) is 9.88 Å². The minimum absolute atomic E-state index is 0.0195. The highest BCUT2D eigenvalue weighted by Gasteiger charge is 2.15. The van der Waals surface area contributed by atoms with Crippen molar-refractivity contribution in [3.8, 4) is 5.75 Å². The molecule has 2 aromatic carbocycles. The number of hydrogen-bond donors (Lipinski definition) is 2. The Balaban J connectivity index is 2.01. The predicted octanol–water partition coefficient (Wildman–Crippen LogP) is 2.50. The molecule has 3 N–H and O–H groups in total. The van der Waals surface area contributed by atoms with E-state index >= 15 is 0 Å². The predicted molar refractivity (Wildman–Crippen MR) is 90.7 cm³/mol. The number of nitrogens with one attached hydrogen (secondary N) is 1. The van der Waals surface area contributed by atoms with Crippen molar-refractivity contribution in [1.82, 2.24) is 0 Å². The SMILES string of the molecule is C[C@@H](Oc1cccc(Br)c1)C(=O)Nc1ccc(S(N)(=O)=O)cc1. The second-order valence-electron chi connectivity index (χ2n) is 4.78. The Morgan fingerprint density at radius 2 is 1.87 bits per heavy atom. The Morgan fingerprint density at radius 1 is 1.22 bits per heavy atom. The number of benzene rings is 2. The lowest BCUT2D eigenvalue weighted by Crippen LogP contribution is -2.30. The molecule has 0 unspecified atom stereocenters. The van der Waals surface area contributed by atoms with Gasteiger partial charge in [-0.05, 0) is 49.4 Å². The molecule has 0 aromatic heterocycles. The molecule has 0 saturated heterocycles. The molecule has 0 aliphatic rings. The van der Waals surface area contributed by atoms with E-state index in [1.165, 1.54) is 24.3 Å². The van der Waals surface area contributed by atoms with Gasteiger partial charge in [-0.15, -0.1) is 0 Å². The molecule has 6 nitrogen and oxygen atoms in total. The number of rotatable bonds is 5. The molecule has 0 aliphatic carbocycles. The van der Waals surface area contributed by atoms with Crippen LogP contribution in [0.5, 0.6) is 5.75 Å². The van der Waals surface area contributed by atoms with Gasteiger partial charge < -0.3 is 10.1 Å². The van der Waals surface area contributed by atoms with Crippen LogP contribution in [0.4, 0.5) is 5.69 Å². The molecule has 23 heavy (non-hydrogen) atoms. The fourth-order valence-corrected chi connectivity index (χ4v) is 2.66. The van der Waals surface area contributed by atoms with E-state index in [-0.39, 0.29) is 10.8 Å². The summed E-state index contributed by atoms with van der Waals surface area (Å²) in [7, 11) is -3.75. The van der Waals surface area contributed by atoms with Crippen LogP contribution in [0.1, 0.15) is 6.92 Å². The highest BCUT2D eigenvalue weighted by molar-refractivity contribution is 9.10. The zero-order valence-corrected chi connectivity index (χ0v) is 14.6. The number of nitrogens with two attached hydrogens (primary N) is 1. The Labute approximate surface area is 142 Å². The molecule has 2 rings (SSSR count). The molecule has 8 heteroatoms. The number of hydrogen-bond acceptors (Lipinski definition) is 4. The molecule has 0 bridgehead atoms. The third-order valence-electron chi connectivity index (χ3n) is 2.93. The van der Waals surface area contributed by atoms with Crippen molar-refractivity contribution in [1.29, 1.82) is 0 Å². The van der Waals surface area contributed by atoms with Crippen LogP contribution in [-0.4, -0.2) is 20.4 Å². The van der Waals surface area contributed by atoms with Crippen LogP contribution in [0, 0.1) is 0 Å². The summed E-state index contributed by atoms with van der Waals surface area (Å²) in [4.78, 5) is 12.1. The summed E-state index contributed by atoms with van der Waals surface area (Å²) < 4.78 is 28.7. The van der Waals surface area contributed by atoms with Gasteiger partial charge in [0.2, 0.25) is 10.0 Å². The molecule has 1 atom stereocenters. The maximum atomic E-state index is 12.1. The molecular weight excluding hydrogens is 384 g/mol. The van der Waals surface area contributed by atoms with Gasteiger partial charge in [0, 0.05) is 10.2 Å². The standard InChI is InChI=1S/C15H15BrN2O4S/c1-10(22-13-4-2-3-11(16)9-13)15(19)18-12-5-7-14(8-6-12)23(17,20)21/h2-10H,1H3,(H,18,19)(H2,17,20,21)/t10-/m1/s1. The number of halogens is 1. The van der Waals surface area contributed by atoms with Gasteiger partial charge >= 0.3 is 0 Å². The number of ether oxygens (including phenoxy) is 1. The number of anilines is 1. The molecular formula is C15H15BrN2O4S. The molecule has 0 fully saturated rings. The van der Waals surface area contributed by atoms with E-state index in [9.17, 15) is 13.2 Å². The van der Waals surface area contributed by atoms with Gasteiger partial charge in [-0.3, -0.25) is 4.79 Å². The van der Waals surface area contributed by atoms with Crippen molar-refractivity contribution < 1.29 is 17.9 Å². The van der Waals surface area contributed by atoms with Crippen LogP contribution in [0.2, 0.25) is 0 Å². The average molecular weight is 399 g/mol. The fraction of sp³-hybridized carbons (Fsp3) is 0.133. The first-order valence-corrected chi connectivity index (χ1v) is 8.95. The second-order valence-corrected chi connectivity index (χ2v) is 7.25. The van der Waals surface area contributed by atoms with Gasteiger partial charge in [0.15, 0.2) is 6.10 Å². The molecule has 0 aliphatic heterocycles. The number of sulfonamides is 1. The average Bonchev–Trinajstić information content (AvgIpc) is 2.46. The molecule has 1 amide bonds. The van der Waals surface area contributed by atoms with Crippen molar-refractivity contribution >= 4 is 37.5 Å². The molecule has 0 radical (unpaired) electrons. The minimum Gasteiger partial charge on any atom is -0.481 e. The minimum atomic E-state index is -3.75. The molecule has 0 spiro atoms. The zero-order valence-electron chi connectivity index (χ0n) is 12.2. The van der Waals surface area contributed by atoms with E-state index in [1.807, 2.05) is 6.07 Å². The van der Waals surface area contributed by atoms with Crippen LogP contribution in [0.3, 0.4) is 0 Å². The number of primary sulfonamides is 1. The molecule has 122 valence electrons. The van der Waals surface area contributed by atoms with E-state index in [0.717, 1.165) is 4.47 Å². The molecule has 2 aromatic rings. The third kappa shape index (κ3) is 5.05. The van der Waals surface area contributed by atoms with Crippen LogP contribution in [0.15, 0.2) is 57.9 Å². The summed E-state index contributed by atoms with van der Waals surface area (Å²) in [5.74, 6) is 0.208. The van der Waals surface area contributed by atoms with E-state index in [2.05, 4.69) is 21.2 Å². The first-order valence-electron chi connectivity index (χ1n) is 6.61. The molecule has 0 saturated carbocycles. The summed E-state index contributed by atoms with van der Waals surface area (Å²) in [6, 6.07) is 12.7. The Morgan fingerprint density at radius 3 is 2.43 bits per heavy atom. The van der Waals surface area contributed by atoms with Gasteiger partial charge in [-0.25, -0.2) is 13.6 Å². The Hall–Kier alpha value is -1.90. The van der Waals surface area contributed by atoms with Gasteiger partial charge in [0.05, 0.1) is 4.90 Å². The maximum Gasteiger partial charge on any atom is 0.265 e. The Bertz CT molecular complexity index is 806. The normalized spacial score (nSPS) is 12.5. The van der Waals surface area contributed by atoms with E-state index in [0.29, 0.717) is 11.4 Å². The summed E-state index contributed by atoms with van der Waals surface area (Å²) in [6.45, 7) is 1.62. The zero-order chi connectivity index (χ0) is 17.0. The first kappa shape index (κ1) is 17.5. The van der Waals surface area contributed by atoms with Crippen molar-refractivity contribution in [2.75, 3.05) is 5.32 Å². The van der Waals surface area contributed by atoms with Crippen molar-refractivity contribution in [2.45, 2.75) is 17.9 Å². The highest BCUT2D eigenvalue weighted by atomic mass is 79.9. The van der Waals surface area contributed by atoms with Crippen molar-refractivity contribution in [2.24, 2.45) is 5.14 Å². The van der Waals surface area contributed by atoms with Crippen LogP contribution in [0.25, 0.3) is 0 Å². The van der Waals surface area contributed by atoms with Gasteiger partial charge in [0.25, 0.3) is 5.91 Å². The fourth-order valence-electron chi connectivity index (χ4n) is 1.77. The van der Waals surface area contributed by atoms with E-state index < -0.39 is 16.1 Å². The monoisotopic (exact) mass is 398 g/mol. The smallest absolute Gasteiger partial charge is 0.265 e. The largest absolute Gasteiger partial charge is 0.481 e. The van der Waals surface area contributed by atoms with Gasteiger partial charge in [0.1, 0.15) is 5.75 Å². The van der Waals surface area contributed by atoms with Crippen LogP contribution in [-0.2, 0) is 14.8 Å². The van der Waals surface area contributed by atoms with Crippen LogP contribution < -0.4 is 15.2 Å².